The fourth-order valence-electron chi connectivity index (χ4n) is 1.23. The summed E-state index contributed by atoms with van der Waals surface area (Å²) in [5, 5.41) is 17.3. The summed E-state index contributed by atoms with van der Waals surface area (Å²) >= 11 is 1.29. The Kier molecular flexibility index (Phi) is 4.14. The molecule has 1 rings (SSSR count). The van der Waals surface area contributed by atoms with Crippen LogP contribution in [-0.4, -0.2) is 22.3 Å². The summed E-state index contributed by atoms with van der Waals surface area (Å²) in [5.41, 5.74) is 0.150. The monoisotopic (exact) mass is 238 g/mol. The molecule has 6 heteroatoms. The molecule has 0 aliphatic carbocycles. The first-order chi connectivity index (χ1) is 7.58. The lowest BCUT2D eigenvalue weighted by Crippen LogP contribution is -2.14. The minimum atomic E-state index is -0.920. The van der Waals surface area contributed by atoms with Gasteiger partial charge in [-0.25, -0.2) is 0 Å². The van der Waals surface area contributed by atoms with Gasteiger partial charge in [0.2, 0.25) is 0 Å². The highest BCUT2D eigenvalue weighted by Crippen LogP contribution is 2.17. The second kappa shape index (κ2) is 5.37. The molecule has 0 radical (unpaired) electrons. The second-order valence-electron chi connectivity index (χ2n) is 3.07. The molecule has 0 unspecified atom stereocenters. The normalized spacial score (nSPS) is 9.75. The highest BCUT2D eigenvalue weighted by molar-refractivity contribution is 7.98. The summed E-state index contributed by atoms with van der Waals surface area (Å²) in [7, 11) is 0. The van der Waals surface area contributed by atoms with Gasteiger partial charge in [0.25, 0.3) is 5.56 Å². The number of aliphatic carboxylic acids is 1. The fraction of sp³-hybridized carbons (Fsp3) is 0.300. The number of carbonyl (C=O) groups is 1. The van der Waals surface area contributed by atoms with Crippen LogP contribution in [0, 0.1) is 11.3 Å². The second-order valence-corrected chi connectivity index (χ2v) is 3.92. The van der Waals surface area contributed by atoms with Gasteiger partial charge in [0.1, 0.15) is 11.6 Å². The van der Waals surface area contributed by atoms with Gasteiger partial charge in [-0.1, -0.05) is 0 Å². The van der Waals surface area contributed by atoms with Crippen LogP contribution >= 0.6 is 11.8 Å². The molecular formula is C10H10N2O3S. The molecule has 1 heterocycles. The SMILES string of the molecule is CSc1cc(CCC(=O)O)[nH]c(=O)c1C#N. The number of aryl methyl sites for hydroxylation is 1. The Hall–Kier alpha value is -1.74. The maximum absolute atomic E-state index is 11.5. The minimum Gasteiger partial charge on any atom is -0.481 e. The Balaban J connectivity index is 3.07. The van der Waals surface area contributed by atoms with Gasteiger partial charge in [-0.3, -0.25) is 9.59 Å². The summed E-state index contributed by atoms with van der Waals surface area (Å²) in [6.45, 7) is 0. The van der Waals surface area contributed by atoms with Crippen LogP contribution in [0.15, 0.2) is 15.8 Å². The van der Waals surface area contributed by atoms with Crippen molar-refractivity contribution in [2.75, 3.05) is 6.26 Å². The summed E-state index contributed by atoms with van der Waals surface area (Å²) in [5.74, 6) is -0.920. The molecule has 0 saturated heterocycles. The van der Waals surface area contributed by atoms with Crippen LogP contribution in [0.4, 0.5) is 0 Å². The van der Waals surface area contributed by atoms with E-state index in [0.717, 1.165) is 0 Å². The number of nitriles is 1. The van der Waals surface area contributed by atoms with Gasteiger partial charge in [0.15, 0.2) is 0 Å². The average molecular weight is 238 g/mol. The number of aromatic nitrogens is 1. The first-order valence-electron chi connectivity index (χ1n) is 4.50. The largest absolute Gasteiger partial charge is 0.481 e. The standard InChI is InChI=1S/C10H10N2O3S/c1-16-8-4-6(2-3-9(13)14)12-10(15)7(8)5-11/h4H,2-3H2,1H3,(H,12,15)(H,13,14). The average Bonchev–Trinajstić information content (AvgIpc) is 2.25. The maximum Gasteiger partial charge on any atom is 0.303 e. The molecule has 84 valence electrons. The Morgan fingerprint density at radius 1 is 1.69 bits per heavy atom. The van der Waals surface area contributed by atoms with Crippen molar-refractivity contribution < 1.29 is 9.90 Å². The number of hydrogen-bond donors (Lipinski definition) is 2. The van der Waals surface area contributed by atoms with E-state index in [1.807, 2.05) is 6.07 Å². The number of carboxylic acid groups (broad SMARTS) is 1. The van der Waals surface area contributed by atoms with Crippen molar-refractivity contribution in [2.24, 2.45) is 0 Å². The van der Waals surface area contributed by atoms with E-state index in [-0.39, 0.29) is 18.4 Å². The van der Waals surface area contributed by atoms with Crippen molar-refractivity contribution in [3.63, 3.8) is 0 Å². The smallest absolute Gasteiger partial charge is 0.303 e. The molecule has 0 fully saturated rings. The van der Waals surface area contributed by atoms with Gasteiger partial charge in [0.05, 0.1) is 6.42 Å². The van der Waals surface area contributed by atoms with E-state index in [1.54, 1.807) is 12.3 Å². The molecule has 0 atom stereocenters. The summed E-state index contributed by atoms with van der Waals surface area (Å²) < 4.78 is 0. The molecule has 0 spiro atoms. The van der Waals surface area contributed by atoms with E-state index in [2.05, 4.69) is 4.98 Å². The topological polar surface area (TPSA) is 93.9 Å². The molecule has 0 bridgehead atoms. The molecule has 1 aromatic heterocycles. The molecule has 2 N–H and O–H groups in total. The van der Waals surface area contributed by atoms with Crippen LogP contribution in [0.2, 0.25) is 0 Å². The lowest BCUT2D eigenvalue weighted by Gasteiger charge is -2.03. The Bertz CT molecular complexity index is 502. The van der Waals surface area contributed by atoms with Crippen LogP contribution in [0.1, 0.15) is 17.7 Å². The zero-order valence-corrected chi connectivity index (χ0v) is 9.43. The van der Waals surface area contributed by atoms with Crippen LogP contribution in [0.25, 0.3) is 0 Å². The first kappa shape index (κ1) is 12.3. The molecule has 5 nitrogen and oxygen atoms in total. The summed E-state index contributed by atoms with van der Waals surface area (Å²) in [4.78, 5) is 24.9. The third kappa shape index (κ3) is 2.87. The molecule has 0 aliphatic rings. The zero-order valence-electron chi connectivity index (χ0n) is 8.61. The van der Waals surface area contributed by atoms with Gasteiger partial charge < -0.3 is 10.1 Å². The molecule has 0 amide bonds. The van der Waals surface area contributed by atoms with Crippen molar-refractivity contribution in [3.05, 3.63) is 27.7 Å². The van der Waals surface area contributed by atoms with E-state index in [9.17, 15) is 9.59 Å². The summed E-state index contributed by atoms with van der Waals surface area (Å²) in [6.07, 6.45) is 1.97. The van der Waals surface area contributed by atoms with E-state index < -0.39 is 11.5 Å². The van der Waals surface area contributed by atoms with Crippen molar-refractivity contribution >= 4 is 17.7 Å². The van der Waals surface area contributed by atoms with Crippen LogP contribution < -0.4 is 5.56 Å². The van der Waals surface area contributed by atoms with Gasteiger partial charge in [-0.2, -0.15) is 5.26 Å². The van der Waals surface area contributed by atoms with Crippen molar-refractivity contribution in [2.45, 2.75) is 17.7 Å². The van der Waals surface area contributed by atoms with Gasteiger partial charge >= 0.3 is 5.97 Å². The van der Waals surface area contributed by atoms with Crippen molar-refractivity contribution in [3.8, 4) is 6.07 Å². The number of carboxylic acids is 1. The number of aromatic amines is 1. The molecule has 0 saturated carbocycles. The third-order valence-electron chi connectivity index (χ3n) is 1.99. The van der Waals surface area contributed by atoms with Crippen molar-refractivity contribution in [1.82, 2.24) is 4.98 Å². The predicted molar refractivity (Wildman–Crippen MR) is 59.5 cm³/mol. The number of hydrogen-bond acceptors (Lipinski definition) is 4. The van der Waals surface area contributed by atoms with E-state index in [0.29, 0.717) is 10.6 Å². The van der Waals surface area contributed by atoms with Crippen LogP contribution in [0.5, 0.6) is 0 Å². The quantitative estimate of drug-likeness (QED) is 0.763. The molecule has 0 aromatic carbocycles. The third-order valence-corrected chi connectivity index (χ3v) is 2.75. The molecule has 0 aliphatic heterocycles. The molecular weight excluding hydrogens is 228 g/mol. The molecule has 16 heavy (non-hydrogen) atoms. The van der Waals surface area contributed by atoms with Crippen molar-refractivity contribution in [1.29, 1.82) is 5.26 Å². The van der Waals surface area contributed by atoms with Crippen LogP contribution in [-0.2, 0) is 11.2 Å². The minimum absolute atomic E-state index is 0.0460. The number of nitrogens with one attached hydrogen (secondary N) is 1. The fourth-order valence-corrected chi connectivity index (χ4v) is 1.83. The zero-order chi connectivity index (χ0) is 12.1. The van der Waals surface area contributed by atoms with Gasteiger partial charge in [0, 0.05) is 10.6 Å². The number of H-pyrrole nitrogens is 1. The van der Waals surface area contributed by atoms with Gasteiger partial charge in [-0.15, -0.1) is 11.8 Å². The van der Waals surface area contributed by atoms with E-state index in [1.165, 1.54) is 11.8 Å². The van der Waals surface area contributed by atoms with E-state index in [4.69, 9.17) is 10.4 Å². The number of thioether (sulfide) groups is 1. The number of rotatable bonds is 4. The molecule has 1 aromatic rings. The maximum atomic E-state index is 11.5. The van der Waals surface area contributed by atoms with E-state index >= 15 is 0 Å². The van der Waals surface area contributed by atoms with Crippen LogP contribution in [0.3, 0.4) is 0 Å². The Morgan fingerprint density at radius 2 is 2.38 bits per heavy atom. The Labute approximate surface area is 96.1 Å². The highest BCUT2D eigenvalue weighted by Gasteiger charge is 2.09. The number of nitrogens with zero attached hydrogens (tertiary/aromatic N) is 1. The number of pyridine rings is 1. The van der Waals surface area contributed by atoms with Gasteiger partial charge in [-0.05, 0) is 18.7 Å². The lowest BCUT2D eigenvalue weighted by molar-refractivity contribution is -0.136. The lowest BCUT2D eigenvalue weighted by atomic mass is 10.2. The Morgan fingerprint density at radius 3 is 2.88 bits per heavy atom. The predicted octanol–water partition coefficient (Wildman–Crippen LogP) is 0.986. The highest BCUT2D eigenvalue weighted by atomic mass is 32.2. The summed E-state index contributed by atoms with van der Waals surface area (Å²) in [6, 6.07) is 3.47. The first-order valence-corrected chi connectivity index (χ1v) is 5.73.